The van der Waals surface area contributed by atoms with E-state index >= 15 is 0 Å². The van der Waals surface area contributed by atoms with E-state index in [4.69, 9.17) is 13.9 Å². The molecule has 1 atom stereocenters. The molecule has 0 spiro atoms. The zero-order valence-electron chi connectivity index (χ0n) is 18.2. The Bertz CT molecular complexity index is 1200. The molecule has 0 aliphatic heterocycles. The van der Waals surface area contributed by atoms with Crippen molar-refractivity contribution < 1.29 is 28.4 Å². The molecular weight excluding hydrogens is 430 g/mol. The Labute approximate surface area is 189 Å². The second-order valence-corrected chi connectivity index (χ2v) is 7.21. The lowest BCUT2D eigenvalue weighted by Gasteiger charge is -2.24. The van der Waals surface area contributed by atoms with Crippen molar-refractivity contribution in [2.45, 2.75) is 26.2 Å². The summed E-state index contributed by atoms with van der Waals surface area (Å²) in [6.45, 7) is 3.33. The van der Waals surface area contributed by atoms with Gasteiger partial charge in [0.05, 0.1) is 23.5 Å². The molecule has 1 heterocycles. The summed E-state index contributed by atoms with van der Waals surface area (Å²) in [5.74, 6) is -3.54. The summed E-state index contributed by atoms with van der Waals surface area (Å²) in [6, 6.07) is 13.5. The molecule has 0 aliphatic carbocycles. The van der Waals surface area contributed by atoms with Gasteiger partial charge in [-0.05, 0) is 31.5 Å². The maximum Gasteiger partial charge on any atom is 0.320 e. The van der Waals surface area contributed by atoms with Crippen molar-refractivity contribution in [3.8, 4) is 0 Å². The molecule has 0 aliphatic rings. The number of ether oxygens (including phenoxy) is 2. The second-order valence-electron chi connectivity index (χ2n) is 7.21. The number of hydrogen-bond acceptors (Lipinski definition) is 8. The van der Waals surface area contributed by atoms with Gasteiger partial charge in [-0.15, -0.1) is 0 Å². The number of rotatable bonds is 9. The van der Waals surface area contributed by atoms with E-state index in [0.29, 0.717) is 16.5 Å². The third-order valence-electron chi connectivity index (χ3n) is 5.12. The fourth-order valence-electron chi connectivity index (χ4n) is 3.63. The van der Waals surface area contributed by atoms with Crippen LogP contribution in [0, 0.1) is 16.0 Å². The standard InChI is InChI=1S/C24H23NO8/c1-3-31-23(27)22(24(28)32-4-2)19(15-9-11-16(12-10-15)25(29)30)13-17-14-20(26)18-7-5-6-8-21(18)33-17/h5-12,14,19,22H,3-4,13H2,1-2H3. The highest BCUT2D eigenvalue weighted by Crippen LogP contribution is 2.32. The second kappa shape index (κ2) is 10.5. The molecule has 0 saturated heterocycles. The monoisotopic (exact) mass is 453 g/mol. The Hall–Kier alpha value is -4.01. The van der Waals surface area contributed by atoms with E-state index in [2.05, 4.69) is 0 Å². The Balaban J connectivity index is 2.10. The largest absolute Gasteiger partial charge is 0.465 e. The van der Waals surface area contributed by atoms with Crippen LogP contribution in [0.25, 0.3) is 11.0 Å². The van der Waals surface area contributed by atoms with E-state index in [1.165, 1.54) is 30.3 Å². The Kier molecular flexibility index (Phi) is 7.55. The smallest absolute Gasteiger partial charge is 0.320 e. The molecule has 0 N–H and O–H groups in total. The molecule has 0 saturated carbocycles. The number of nitro groups is 1. The molecular formula is C24H23NO8. The molecule has 0 amide bonds. The van der Waals surface area contributed by atoms with Crippen LogP contribution in [0.4, 0.5) is 5.69 Å². The highest BCUT2D eigenvalue weighted by atomic mass is 16.6. The molecule has 3 aromatic rings. The van der Waals surface area contributed by atoms with Gasteiger partial charge in [0.1, 0.15) is 11.3 Å². The van der Waals surface area contributed by atoms with Gasteiger partial charge in [-0.2, -0.15) is 0 Å². The zero-order chi connectivity index (χ0) is 24.0. The van der Waals surface area contributed by atoms with Crippen LogP contribution in [0.2, 0.25) is 0 Å². The summed E-state index contributed by atoms with van der Waals surface area (Å²) in [7, 11) is 0. The van der Waals surface area contributed by atoms with E-state index < -0.39 is 28.7 Å². The number of non-ortho nitro benzene ring substituents is 1. The quantitative estimate of drug-likeness (QED) is 0.207. The molecule has 0 fully saturated rings. The van der Waals surface area contributed by atoms with Crippen LogP contribution < -0.4 is 5.43 Å². The van der Waals surface area contributed by atoms with Gasteiger partial charge in [-0.25, -0.2) is 0 Å². The molecule has 0 bridgehead atoms. The summed E-state index contributed by atoms with van der Waals surface area (Å²) in [4.78, 5) is 48.7. The first-order valence-corrected chi connectivity index (χ1v) is 10.4. The molecule has 172 valence electrons. The average molecular weight is 453 g/mol. The van der Waals surface area contributed by atoms with Crippen LogP contribution in [0.1, 0.15) is 31.1 Å². The average Bonchev–Trinajstić information content (AvgIpc) is 2.79. The predicted molar refractivity (Wildman–Crippen MR) is 119 cm³/mol. The van der Waals surface area contributed by atoms with Crippen LogP contribution in [0.3, 0.4) is 0 Å². The van der Waals surface area contributed by atoms with Gasteiger partial charge >= 0.3 is 11.9 Å². The van der Waals surface area contributed by atoms with Gasteiger partial charge in [0.25, 0.3) is 5.69 Å². The minimum Gasteiger partial charge on any atom is -0.465 e. The number of fused-ring (bicyclic) bond motifs is 1. The van der Waals surface area contributed by atoms with E-state index in [0.717, 1.165) is 0 Å². The predicted octanol–water partition coefficient (Wildman–Crippen LogP) is 3.77. The summed E-state index contributed by atoms with van der Waals surface area (Å²) in [5.41, 5.74) is 0.422. The van der Waals surface area contributed by atoms with Crippen molar-refractivity contribution in [3.05, 3.63) is 86.3 Å². The lowest BCUT2D eigenvalue weighted by molar-refractivity contribution is -0.384. The minimum atomic E-state index is -1.36. The van der Waals surface area contributed by atoms with Gasteiger partial charge in [0.15, 0.2) is 11.3 Å². The summed E-state index contributed by atoms with van der Waals surface area (Å²) >= 11 is 0. The van der Waals surface area contributed by atoms with E-state index in [-0.39, 0.29) is 36.5 Å². The molecule has 3 rings (SSSR count). The number of para-hydroxylation sites is 1. The number of esters is 2. The first kappa shape index (κ1) is 23.6. The molecule has 33 heavy (non-hydrogen) atoms. The van der Waals surface area contributed by atoms with Crippen LogP contribution in [0.15, 0.2) is 63.8 Å². The van der Waals surface area contributed by atoms with Crippen molar-refractivity contribution in [1.82, 2.24) is 0 Å². The van der Waals surface area contributed by atoms with E-state index in [1.807, 2.05) is 0 Å². The SMILES string of the molecule is CCOC(=O)C(C(=O)OCC)C(Cc1cc(=O)c2ccccc2o1)c1ccc([N+](=O)[O-])cc1. The Morgan fingerprint density at radius 1 is 1.00 bits per heavy atom. The van der Waals surface area contributed by atoms with Crippen molar-refractivity contribution in [2.75, 3.05) is 13.2 Å². The fourth-order valence-corrected chi connectivity index (χ4v) is 3.63. The van der Waals surface area contributed by atoms with Crippen molar-refractivity contribution in [3.63, 3.8) is 0 Å². The highest BCUT2D eigenvalue weighted by molar-refractivity contribution is 5.96. The van der Waals surface area contributed by atoms with Crippen LogP contribution in [-0.4, -0.2) is 30.1 Å². The van der Waals surface area contributed by atoms with Crippen LogP contribution >= 0.6 is 0 Å². The summed E-state index contributed by atoms with van der Waals surface area (Å²) in [6.07, 6.45) is -0.0137. The highest BCUT2D eigenvalue weighted by Gasteiger charge is 2.39. The van der Waals surface area contributed by atoms with Crippen LogP contribution in [-0.2, 0) is 25.5 Å². The summed E-state index contributed by atoms with van der Waals surface area (Å²) < 4.78 is 16.1. The number of nitro benzene ring substituents is 1. The van der Waals surface area contributed by atoms with Gasteiger partial charge < -0.3 is 13.9 Å². The first-order chi connectivity index (χ1) is 15.8. The van der Waals surface area contributed by atoms with Gasteiger partial charge in [0.2, 0.25) is 0 Å². The third kappa shape index (κ3) is 5.43. The fraction of sp³-hybridized carbons (Fsp3) is 0.292. The Morgan fingerprint density at radius 2 is 1.61 bits per heavy atom. The maximum atomic E-state index is 12.8. The lowest BCUT2D eigenvalue weighted by atomic mass is 9.82. The first-order valence-electron chi connectivity index (χ1n) is 10.4. The molecule has 2 aromatic carbocycles. The van der Waals surface area contributed by atoms with E-state index in [9.17, 15) is 24.5 Å². The molecule has 9 nitrogen and oxygen atoms in total. The molecule has 1 aromatic heterocycles. The number of hydrogen-bond donors (Lipinski definition) is 0. The zero-order valence-corrected chi connectivity index (χ0v) is 18.2. The number of benzene rings is 2. The third-order valence-corrected chi connectivity index (χ3v) is 5.12. The van der Waals surface area contributed by atoms with E-state index in [1.54, 1.807) is 38.1 Å². The van der Waals surface area contributed by atoms with Crippen molar-refractivity contribution in [2.24, 2.45) is 5.92 Å². The van der Waals surface area contributed by atoms with Gasteiger partial charge in [-0.3, -0.25) is 24.5 Å². The molecule has 9 heteroatoms. The molecule has 0 radical (unpaired) electrons. The van der Waals surface area contributed by atoms with Gasteiger partial charge in [-0.1, -0.05) is 24.3 Å². The van der Waals surface area contributed by atoms with Crippen molar-refractivity contribution in [1.29, 1.82) is 0 Å². The maximum absolute atomic E-state index is 12.8. The number of carbonyl (C=O) groups is 2. The lowest BCUT2D eigenvalue weighted by Crippen LogP contribution is -2.34. The summed E-state index contributed by atoms with van der Waals surface area (Å²) in [5, 5.41) is 11.5. The number of nitrogens with zero attached hydrogens (tertiary/aromatic N) is 1. The van der Waals surface area contributed by atoms with Crippen LogP contribution in [0.5, 0.6) is 0 Å². The minimum absolute atomic E-state index is 0.0137. The normalized spacial score (nSPS) is 11.8. The van der Waals surface area contributed by atoms with Crippen molar-refractivity contribution >= 4 is 28.6 Å². The van der Waals surface area contributed by atoms with Gasteiger partial charge in [0, 0.05) is 30.5 Å². The molecule has 1 unspecified atom stereocenters. The Morgan fingerprint density at radius 3 is 2.18 bits per heavy atom. The number of carbonyl (C=O) groups excluding carboxylic acids is 2. The topological polar surface area (TPSA) is 126 Å².